The van der Waals surface area contributed by atoms with Gasteiger partial charge in [-0.25, -0.2) is 16.8 Å². The molecule has 2 heterocycles. The van der Waals surface area contributed by atoms with Crippen molar-refractivity contribution in [1.29, 1.82) is 0 Å². The summed E-state index contributed by atoms with van der Waals surface area (Å²) in [6.45, 7) is 0.644. The van der Waals surface area contributed by atoms with Gasteiger partial charge in [0, 0.05) is 38.5 Å². The molecule has 1 fully saturated rings. The Hall–Kier alpha value is -3.30. The molecule has 1 saturated heterocycles. The van der Waals surface area contributed by atoms with Crippen LogP contribution in [0.15, 0.2) is 65.7 Å². The Morgan fingerprint density at radius 3 is 2.47 bits per heavy atom. The van der Waals surface area contributed by atoms with Gasteiger partial charge in [0.25, 0.3) is 16.5 Å². The smallest absolute Gasteiger partial charge is 0.301 e. The average Bonchev–Trinajstić information content (AvgIpc) is 3.53. The zero-order chi connectivity index (χ0) is 27.9. The molecule has 1 aliphatic rings. The van der Waals surface area contributed by atoms with Gasteiger partial charge >= 0.3 is 10.2 Å². The number of benzene rings is 2. The second kappa shape index (κ2) is 12.5. The predicted octanol–water partition coefficient (Wildman–Crippen LogP) is 2.33. The number of methoxy groups -OCH3 is 1. The quantitative estimate of drug-likeness (QED) is 0.333. The first-order valence-electron chi connectivity index (χ1n) is 11.4. The minimum Gasteiger partial charge on any atom is -0.483 e. The van der Waals surface area contributed by atoms with Crippen LogP contribution in [-0.2, 0) is 36.3 Å². The van der Waals surface area contributed by atoms with Crippen LogP contribution in [0.25, 0.3) is 11.3 Å². The van der Waals surface area contributed by atoms with Crippen LogP contribution < -0.4 is 10.0 Å². The van der Waals surface area contributed by atoms with E-state index in [0.717, 1.165) is 3.97 Å². The lowest BCUT2D eigenvalue weighted by Crippen LogP contribution is -2.35. The van der Waals surface area contributed by atoms with Crippen molar-refractivity contribution < 1.29 is 35.9 Å². The number of nitrogens with zero attached hydrogens (tertiary/aromatic N) is 2. The first-order valence-corrected chi connectivity index (χ1v) is 14.3. The van der Waals surface area contributed by atoms with Gasteiger partial charge in [0.1, 0.15) is 5.82 Å². The molecule has 0 amide bonds. The Balaban J connectivity index is 0.00000127. The van der Waals surface area contributed by atoms with Crippen LogP contribution in [0.2, 0.25) is 0 Å². The topological polar surface area (TPSA) is 147 Å². The molecule has 2 aromatic carbocycles. The molecule has 4 rings (SSSR count). The van der Waals surface area contributed by atoms with Crippen LogP contribution in [0, 0.1) is 5.82 Å². The number of carboxylic acid groups (broad SMARTS) is 1. The number of hydrogen-bond donors (Lipinski definition) is 3. The minimum absolute atomic E-state index is 0.0991. The van der Waals surface area contributed by atoms with E-state index in [1.807, 2.05) is 0 Å². The van der Waals surface area contributed by atoms with Crippen LogP contribution in [0.1, 0.15) is 12.0 Å². The lowest BCUT2D eigenvalue weighted by molar-refractivity contribution is -0.122. The summed E-state index contributed by atoms with van der Waals surface area (Å²) in [7, 11) is -4.84. The highest BCUT2D eigenvalue weighted by atomic mass is 32.2. The molecule has 0 bridgehead atoms. The normalized spacial score (nSPS) is 16.0. The average molecular weight is 569 g/mol. The molecule has 0 unspecified atom stereocenters. The third-order valence-corrected chi connectivity index (χ3v) is 8.97. The molecule has 3 aromatic rings. The van der Waals surface area contributed by atoms with E-state index in [4.69, 9.17) is 14.6 Å². The third kappa shape index (κ3) is 6.57. The van der Waals surface area contributed by atoms with E-state index in [1.54, 1.807) is 19.2 Å². The first-order chi connectivity index (χ1) is 18.1. The lowest BCUT2D eigenvalue weighted by Gasteiger charge is -2.18. The maximum atomic E-state index is 14.6. The van der Waals surface area contributed by atoms with Crippen molar-refractivity contribution in [3.8, 4) is 11.3 Å². The Bertz CT molecular complexity index is 1480. The van der Waals surface area contributed by atoms with Crippen molar-refractivity contribution in [3.05, 3.63) is 72.2 Å². The number of nitrogens with one attached hydrogen (secondary N) is 2. The lowest BCUT2D eigenvalue weighted by atomic mass is 10.1. The molecular weight excluding hydrogens is 539 g/mol. The molecule has 206 valence electrons. The van der Waals surface area contributed by atoms with E-state index < -0.39 is 26.0 Å². The number of ether oxygens (including phenoxy) is 1. The molecule has 0 radical (unpaired) electrons. The van der Waals surface area contributed by atoms with Gasteiger partial charge in [0.05, 0.1) is 22.4 Å². The highest BCUT2D eigenvalue weighted by Crippen LogP contribution is 2.30. The van der Waals surface area contributed by atoms with Gasteiger partial charge in [0.2, 0.25) is 0 Å². The fourth-order valence-electron chi connectivity index (χ4n) is 4.02. The van der Waals surface area contributed by atoms with E-state index in [0.29, 0.717) is 25.1 Å². The van der Waals surface area contributed by atoms with Crippen molar-refractivity contribution in [1.82, 2.24) is 13.6 Å². The van der Waals surface area contributed by atoms with Crippen LogP contribution in [0.3, 0.4) is 0 Å². The molecule has 11 nitrogen and oxygen atoms in total. The van der Waals surface area contributed by atoms with Crippen LogP contribution >= 0.6 is 0 Å². The van der Waals surface area contributed by atoms with E-state index in [2.05, 4.69) is 10.0 Å². The SMILES string of the molecule is CNCc1cc(-c2ccccc2F)n(S(=O)(=O)c2cccc(NS(=O)(=O)N3CC[C@@H](OC)C3)c2)c1.O=CO. The summed E-state index contributed by atoms with van der Waals surface area (Å²) in [6, 6.07) is 13.1. The Kier molecular flexibility index (Phi) is 9.62. The van der Waals surface area contributed by atoms with Gasteiger partial charge in [-0.15, -0.1) is 0 Å². The molecule has 38 heavy (non-hydrogen) atoms. The first kappa shape index (κ1) is 29.3. The highest BCUT2D eigenvalue weighted by Gasteiger charge is 2.32. The number of rotatable bonds is 9. The second-order valence-electron chi connectivity index (χ2n) is 8.29. The van der Waals surface area contributed by atoms with Gasteiger partial charge in [-0.2, -0.15) is 12.7 Å². The van der Waals surface area contributed by atoms with Crippen LogP contribution in [-0.4, -0.2) is 70.0 Å². The summed E-state index contributed by atoms with van der Waals surface area (Å²) in [5.74, 6) is -0.556. The summed E-state index contributed by atoms with van der Waals surface area (Å²) in [4.78, 5) is 8.22. The summed E-state index contributed by atoms with van der Waals surface area (Å²) in [5, 5.41) is 9.85. The van der Waals surface area contributed by atoms with Crippen LogP contribution in [0.4, 0.5) is 10.1 Å². The fourth-order valence-corrected chi connectivity index (χ4v) is 6.72. The van der Waals surface area contributed by atoms with Crippen molar-refractivity contribution in [2.75, 3.05) is 32.0 Å². The summed E-state index contributed by atoms with van der Waals surface area (Å²) in [5.41, 5.74) is 1.05. The number of halogens is 1. The second-order valence-corrected chi connectivity index (χ2v) is 11.8. The largest absolute Gasteiger partial charge is 0.483 e. The van der Waals surface area contributed by atoms with Gasteiger partial charge in [-0.1, -0.05) is 18.2 Å². The Labute approximate surface area is 221 Å². The van der Waals surface area contributed by atoms with Gasteiger partial charge in [-0.3, -0.25) is 9.52 Å². The van der Waals surface area contributed by atoms with E-state index in [-0.39, 0.29) is 41.0 Å². The molecular formula is C24H29FN4O7S2. The Morgan fingerprint density at radius 2 is 1.84 bits per heavy atom. The summed E-state index contributed by atoms with van der Waals surface area (Å²) < 4.78 is 77.4. The zero-order valence-electron chi connectivity index (χ0n) is 20.7. The highest BCUT2D eigenvalue weighted by molar-refractivity contribution is 7.90. The monoisotopic (exact) mass is 568 g/mol. The predicted molar refractivity (Wildman–Crippen MR) is 140 cm³/mol. The fraction of sp³-hybridized carbons (Fsp3) is 0.292. The van der Waals surface area contributed by atoms with E-state index in [1.165, 1.54) is 60.1 Å². The van der Waals surface area contributed by atoms with E-state index in [9.17, 15) is 21.2 Å². The number of carbonyl (C=O) groups is 1. The van der Waals surface area contributed by atoms with Crippen LogP contribution in [0.5, 0.6) is 0 Å². The molecule has 0 spiro atoms. The third-order valence-electron chi connectivity index (χ3n) is 5.79. The number of anilines is 1. The molecule has 1 aliphatic heterocycles. The molecule has 0 saturated carbocycles. The zero-order valence-corrected chi connectivity index (χ0v) is 22.4. The van der Waals surface area contributed by atoms with E-state index >= 15 is 0 Å². The molecule has 14 heteroatoms. The standard InChI is InChI=1S/C23H27FN4O5S2.CH2O2/c1-25-14-17-12-23(21-8-3-4-9-22(21)24)28(15-17)34(29,30)20-7-5-6-18(13-20)26-35(31,32)27-11-10-19(16-27)33-2;2-1-3/h3-9,12-13,15,19,25-26H,10-11,14,16H2,1-2H3;1H,(H,2,3)/t19-;/m1./s1. The maximum absolute atomic E-state index is 14.6. The molecule has 1 atom stereocenters. The molecule has 1 aromatic heterocycles. The number of hydrogen-bond acceptors (Lipinski definition) is 7. The van der Waals surface area contributed by atoms with Crippen molar-refractivity contribution >= 4 is 32.4 Å². The molecule has 3 N–H and O–H groups in total. The Morgan fingerprint density at radius 1 is 1.13 bits per heavy atom. The summed E-state index contributed by atoms with van der Waals surface area (Å²) in [6.07, 6.45) is 1.82. The van der Waals surface area contributed by atoms with Crippen molar-refractivity contribution in [3.63, 3.8) is 0 Å². The van der Waals surface area contributed by atoms with Crippen molar-refractivity contribution in [2.45, 2.75) is 24.0 Å². The minimum atomic E-state index is -4.19. The van der Waals surface area contributed by atoms with Crippen molar-refractivity contribution in [2.24, 2.45) is 0 Å². The van der Waals surface area contributed by atoms with Gasteiger partial charge in [-0.05, 0) is 55.4 Å². The summed E-state index contributed by atoms with van der Waals surface area (Å²) >= 11 is 0. The van der Waals surface area contributed by atoms with Gasteiger partial charge in [0.15, 0.2) is 0 Å². The van der Waals surface area contributed by atoms with Gasteiger partial charge < -0.3 is 15.2 Å². The maximum Gasteiger partial charge on any atom is 0.301 e. The number of aromatic nitrogens is 1. The molecule has 0 aliphatic carbocycles.